The van der Waals surface area contributed by atoms with E-state index in [2.05, 4.69) is 10.2 Å². The summed E-state index contributed by atoms with van der Waals surface area (Å²) in [5.41, 5.74) is 0.995. The summed E-state index contributed by atoms with van der Waals surface area (Å²) in [4.78, 5) is 15.1. The van der Waals surface area contributed by atoms with Gasteiger partial charge in [-0.15, -0.1) is 15.0 Å². The molecule has 0 saturated carbocycles. The minimum Gasteiger partial charge on any atom is -0.353 e. The molecule has 4 rings (SSSR count). The zero-order chi connectivity index (χ0) is 20.4. The second-order valence-electron chi connectivity index (χ2n) is 6.84. The second kappa shape index (κ2) is 7.96. The summed E-state index contributed by atoms with van der Waals surface area (Å²) in [6, 6.07) is 15.6. The van der Waals surface area contributed by atoms with Gasteiger partial charge in [0.2, 0.25) is 0 Å². The Morgan fingerprint density at radius 3 is 2.24 bits per heavy atom. The predicted molar refractivity (Wildman–Crippen MR) is 111 cm³/mol. The Morgan fingerprint density at radius 2 is 1.62 bits per heavy atom. The molecular formula is C20H19ClN4O3S. The normalized spacial score (nSPS) is 15.4. The summed E-state index contributed by atoms with van der Waals surface area (Å²) in [5.74, 6) is 0.478. The van der Waals surface area contributed by atoms with E-state index in [1.807, 2.05) is 35.2 Å². The van der Waals surface area contributed by atoms with E-state index in [0.29, 0.717) is 43.1 Å². The van der Waals surface area contributed by atoms with Crippen molar-refractivity contribution in [3.05, 3.63) is 65.3 Å². The van der Waals surface area contributed by atoms with Crippen LogP contribution in [0.15, 0.2) is 59.5 Å². The standard InChI is InChI=1S/C20H19ClN4O3S/c21-15-6-8-17(9-7-15)29(27,28)18-10-12-24(13-11-18)20-19(14-26)22-25(23-20)16-4-2-1-3-5-16/h1-9,14,18H,10-13H2. The van der Waals surface area contributed by atoms with Crippen molar-refractivity contribution in [2.24, 2.45) is 0 Å². The molecule has 2 heterocycles. The van der Waals surface area contributed by atoms with Crippen molar-refractivity contribution < 1.29 is 13.2 Å². The van der Waals surface area contributed by atoms with E-state index in [0.717, 1.165) is 5.69 Å². The number of halogens is 1. The molecule has 7 nitrogen and oxygen atoms in total. The van der Waals surface area contributed by atoms with Crippen molar-refractivity contribution in [3.63, 3.8) is 0 Å². The van der Waals surface area contributed by atoms with Crippen molar-refractivity contribution in [1.29, 1.82) is 0 Å². The number of aldehydes is 1. The molecule has 1 aromatic heterocycles. The van der Waals surface area contributed by atoms with Crippen LogP contribution in [-0.2, 0) is 9.84 Å². The second-order valence-corrected chi connectivity index (χ2v) is 9.50. The number of aromatic nitrogens is 3. The van der Waals surface area contributed by atoms with Crippen molar-refractivity contribution in [2.45, 2.75) is 23.0 Å². The van der Waals surface area contributed by atoms with Gasteiger partial charge >= 0.3 is 0 Å². The van der Waals surface area contributed by atoms with E-state index in [1.54, 1.807) is 24.3 Å². The third-order valence-corrected chi connectivity index (χ3v) is 7.57. The van der Waals surface area contributed by atoms with Gasteiger partial charge in [0.15, 0.2) is 27.6 Å². The fourth-order valence-electron chi connectivity index (χ4n) is 3.48. The molecule has 3 aromatic rings. The molecule has 0 aliphatic carbocycles. The van der Waals surface area contributed by atoms with Crippen LogP contribution in [0.4, 0.5) is 5.82 Å². The first-order valence-corrected chi connectivity index (χ1v) is 11.1. The molecule has 9 heteroatoms. The van der Waals surface area contributed by atoms with Gasteiger partial charge in [0, 0.05) is 18.1 Å². The molecule has 0 atom stereocenters. The molecule has 0 amide bonds. The first-order valence-electron chi connectivity index (χ1n) is 9.21. The fraction of sp³-hybridized carbons (Fsp3) is 0.250. The Labute approximate surface area is 173 Å². The number of benzene rings is 2. The Bertz CT molecular complexity index is 1110. The summed E-state index contributed by atoms with van der Waals surface area (Å²) in [7, 11) is -3.43. The number of piperidine rings is 1. The number of rotatable bonds is 5. The van der Waals surface area contributed by atoms with Crippen LogP contribution in [0.25, 0.3) is 5.69 Å². The molecule has 1 saturated heterocycles. The zero-order valence-corrected chi connectivity index (χ0v) is 17.1. The lowest BCUT2D eigenvalue weighted by atomic mass is 10.1. The highest BCUT2D eigenvalue weighted by molar-refractivity contribution is 7.92. The Hall–Kier alpha value is -2.71. The van der Waals surface area contributed by atoms with Gasteiger partial charge in [-0.1, -0.05) is 29.8 Å². The lowest BCUT2D eigenvalue weighted by Gasteiger charge is -2.31. The van der Waals surface area contributed by atoms with Gasteiger partial charge in [0.05, 0.1) is 15.8 Å². The van der Waals surface area contributed by atoms with Gasteiger partial charge in [-0.2, -0.15) is 0 Å². The van der Waals surface area contributed by atoms with Crippen LogP contribution in [0, 0.1) is 0 Å². The van der Waals surface area contributed by atoms with Crippen LogP contribution >= 0.6 is 11.6 Å². The highest BCUT2D eigenvalue weighted by Gasteiger charge is 2.33. The van der Waals surface area contributed by atoms with Gasteiger partial charge in [0.1, 0.15) is 0 Å². The summed E-state index contributed by atoms with van der Waals surface area (Å²) in [5, 5.41) is 8.75. The monoisotopic (exact) mass is 430 g/mol. The van der Waals surface area contributed by atoms with Gasteiger partial charge < -0.3 is 4.90 Å². The van der Waals surface area contributed by atoms with E-state index < -0.39 is 15.1 Å². The third kappa shape index (κ3) is 3.90. The first-order chi connectivity index (χ1) is 14.0. The Kier molecular flexibility index (Phi) is 5.38. The number of hydrogen-bond acceptors (Lipinski definition) is 6. The quantitative estimate of drug-likeness (QED) is 0.578. The summed E-state index contributed by atoms with van der Waals surface area (Å²) >= 11 is 5.86. The van der Waals surface area contributed by atoms with Crippen molar-refractivity contribution >= 4 is 33.5 Å². The molecule has 0 unspecified atom stereocenters. The minimum atomic E-state index is -3.43. The number of carbonyl (C=O) groups is 1. The van der Waals surface area contributed by atoms with E-state index >= 15 is 0 Å². The zero-order valence-electron chi connectivity index (χ0n) is 15.5. The highest BCUT2D eigenvalue weighted by Crippen LogP contribution is 2.28. The molecule has 0 bridgehead atoms. The van der Waals surface area contributed by atoms with E-state index in [-0.39, 0.29) is 10.6 Å². The molecule has 29 heavy (non-hydrogen) atoms. The minimum absolute atomic E-state index is 0.243. The molecular weight excluding hydrogens is 412 g/mol. The number of nitrogens with zero attached hydrogens (tertiary/aromatic N) is 4. The van der Waals surface area contributed by atoms with Crippen molar-refractivity contribution in [2.75, 3.05) is 18.0 Å². The third-order valence-electron chi connectivity index (χ3n) is 5.04. The van der Waals surface area contributed by atoms with Gasteiger partial charge in [-0.3, -0.25) is 4.79 Å². The highest BCUT2D eigenvalue weighted by atomic mass is 35.5. The number of hydrogen-bond donors (Lipinski definition) is 0. The van der Waals surface area contributed by atoms with Crippen LogP contribution in [-0.4, -0.2) is 48.0 Å². The molecule has 0 spiro atoms. The van der Waals surface area contributed by atoms with Crippen LogP contribution in [0.1, 0.15) is 23.3 Å². The number of para-hydroxylation sites is 1. The topological polar surface area (TPSA) is 85.2 Å². The number of carbonyl (C=O) groups excluding carboxylic acids is 1. The molecule has 1 aliphatic rings. The molecule has 0 radical (unpaired) electrons. The predicted octanol–water partition coefficient (Wildman–Crippen LogP) is 3.18. The largest absolute Gasteiger partial charge is 0.353 e. The van der Waals surface area contributed by atoms with Gasteiger partial charge in [-0.05, 0) is 49.2 Å². The van der Waals surface area contributed by atoms with E-state index in [1.165, 1.54) is 4.80 Å². The number of anilines is 1. The Balaban J connectivity index is 1.52. The average Bonchev–Trinajstić information content (AvgIpc) is 3.19. The van der Waals surface area contributed by atoms with Crippen LogP contribution in [0.2, 0.25) is 5.02 Å². The van der Waals surface area contributed by atoms with Crippen molar-refractivity contribution in [1.82, 2.24) is 15.0 Å². The molecule has 1 aliphatic heterocycles. The van der Waals surface area contributed by atoms with Gasteiger partial charge in [0.25, 0.3) is 0 Å². The van der Waals surface area contributed by atoms with Crippen molar-refractivity contribution in [3.8, 4) is 5.69 Å². The lowest BCUT2D eigenvalue weighted by molar-refractivity contribution is 0.111. The molecule has 150 valence electrons. The van der Waals surface area contributed by atoms with Crippen LogP contribution in [0.5, 0.6) is 0 Å². The first kappa shape index (κ1) is 19.6. The fourth-order valence-corrected chi connectivity index (χ4v) is 5.34. The lowest BCUT2D eigenvalue weighted by Crippen LogP contribution is -2.40. The van der Waals surface area contributed by atoms with Crippen LogP contribution < -0.4 is 4.90 Å². The molecule has 2 aromatic carbocycles. The summed E-state index contributed by atoms with van der Waals surface area (Å²) < 4.78 is 25.8. The SMILES string of the molecule is O=Cc1nn(-c2ccccc2)nc1N1CCC(S(=O)(=O)c2ccc(Cl)cc2)CC1. The Morgan fingerprint density at radius 1 is 0.966 bits per heavy atom. The molecule has 0 N–H and O–H groups in total. The summed E-state index contributed by atoms with van der Waals surface area (Å²) in [6.45, 7) is 0.956. The maximum atomic E-state index is 12.9. The molecule has 1 fully saturated rings. The maximum Gasteiger partial charge on any atom is 0.182 e. The summed E-state index contributed by atoms with van der Waals surface area (Å²) in [6.07, 6.45) is 1.57. The average molecular weight is 431 g/mol. The van der Waals surface area contributed by atoms with Crippen LogP contribution in [0.3, 0.4) is 0 Å². The van der Waals surface area contributed by atoms with Gasteiger partial charge in [-0.25, -0.2) is 8.42 Å². The number of sulfone groups is 1. The maximum absolute atomic E-state index is 12.9. The van der Waals surface area contributed by atoms with E-state index in [4.69, 9.17) is 11.6 Å². The van der Waals surface area contributed by atoms with E-state index in [9.17, 15) is 13.2 Å². The smallest absolute Gasteiger partial charge is 0.182 e.